The molecule has 1 aliphatic rings. The second-order valence-corrected chi connectivity index (χ2v) is 6.45. The number of para-hydroxylation sites is 2. The van der Waals surface area contributed by atoms with Crippen LogP contribution in [0.3, 0.4) is 0 Å². The first-order chi connectivity index (χ1) is 11.2. The summed E-state index contributed by atoms with van der Waals surface area (Å²) in [5.74, 6) is 1.88. The van der Waals surface area contributed by atoms with Gasteiger partial charge in [0.05, 0.1) is 12.3 Å². The molecule has 0 saturated carbocycles. The molecule has 120 valence electrons. The molecule has 1 heterocycles. The van der Waals surface area contributed by atoms with E-state index in [9.17, 15) is 4.79 Å². The average molecular weight is 329 g/mol. The van der Waals surface area contributed by atoms with Gasteiger partial charge in [-0.25, -0.2) is 0 Å². The minimum atomic E-state index is -0.154. The SMILES string of the molecule is Cc1ccc(SCC(=O)NCC2COc3ccccc3O2)cc1. The van der Waals surface area contributed by atoms with Crippen molar-refractivity contribution in [3.63, 3.8) is 0 Å². The van der Waals surface area contributed by atoms with E-state index in [2.05, 4.69) is 5.32 Å². The first kappa shape index (κ1) is 15.7. The van der Waals surface area contributed by atoms with Crippen molar-refractivity contribution >= 4 is 17.7 Å². The van der Waals surface area contributed by atoms with Crippen molar-refractivity contribution in [2.45, 2.75) is 17.9 Å². The maximum absolute atomic E-state index is 11.9. The highest BCUT2D eigenvalue weighted by atomic mass is 32.2. The summed E-state index contributed by atoms with van der Waals surface area (Å²) in [5.41, 5.74) is 1.22. The van der Waals surface area contributed by atoms with Crippen LogP contribution in [-0.2, 0) is 4.79 Å². The molecule has 1 N–H and O–H groups in total. The van der Waals surface area contributed by atoms with E-state index in [4.69, 9.17) is 9.47 Å². The number of ether oxygens (including phenoxy) is 2. The molecule has 2 aromatic carbocycles. The van der Waals surface area contributed by atoms with E-state index in [-0.39, 0.29) is 12.0 Å². The number of thioether (sulfide) groups is 1. The van der Waals surface area contributed by atoms with Crippen LogP contribution in [0.25, 0.3) is 0 Å². The Balaban J connectivity index is 1.42. The number of carbonyl (C=O) groups excluding carboxylic acids is 1. The van der Waals surface area contributed by atoms with Crippen LogP contribution in [0.2, 0.25) is 0 Å². The van der Waals surface area contributed by atoms with Gasteiger partial charge in [0.2, 0.25) is 5.91 Å². The fourth-order valence-corrected chi connectivity index (χ4v) is 2.95. The third-order valence-electron chi connectivity index (χ3n) is 3.49. The monoisotopic (exact) mass is 329 g/mol. The van der Waals surface area contributed by atoms with Crippen LogP contribution in [0, 0.1) is 6.92 Å². The van der Waals surface area contributed by atoms with Crippen LogP contribution < -0.4 is 14.8 Å². The molecule has 0 spiro atoms. The number of benzene rings is 2. The number of amides is 1. The molecule has 0 saturated heterocycles. The third kappa shape index (κ3) is 4.42. The molecule has 1 amide bonds. The van der Waals surface area contributed by atoms with E-state index in [0.717, 1.165) is 16.4 Å². The van der Waals surface area contributed by atoms with Crippen molar-refractivity contribution in [2.75, 3.05) is 18.9 Å². The smallest absolute Gasteiger partial charge is 0.230 e. The van der Waals surface area contributed by atoms with Crippen LogP contribution in [0.1, 0.15) is 5.56 Å². The van der Waals surface area contributed by atoms with E-state index < -0.39 is 0 Å². The fourth-order valence-electron chi connectivity index (χ4n) is 2.23. The highest BCUT2D eigenvalue weighted by molar-refractivity contribution is 8.00. The number of fused-ring (bicyclic) bond motifs is 1. The Hall–Kier alpha value is -2.14. The van der Waals surface area contributed by atoms with Gasteiger partial charge in [-0.2, -0.15) is 0 Å². The Morgan fingerprint density at radius 2 is 1.91 bits per heavy atom. The van der Waals surface area contributed by atoms with Gasteiger partial charge in [0.1, 0.15) is 12.7 Å². The predicted octanol–water partition coefficient (Wildman–Crippen LogP) is 3.04. The molecule has 3 rings (SSSR count). The third-order valence-corrected chi connectivity index (χ3v) is 4.50. The Kier molecular flexibility index (Phi) is 5.08. The topological polar surface area (TPSA) is 47.6 Å². The molecule has 5 heteroatoms. The van der Waals surface area contributed by atoms with Crippen molar-refractivity contribution in [3.8, 4) is 11.5 Å². The van der Waals surface area contributed by atoms with Gasteiger partial charge in [-0.05, 0) is 31.2 Å². The molecule has 2 aromatic rings. The summed E-state index contributed by atoms with van der Waals surface area (Å²) in [4.78, 5) is 13.0. The summed E-state index contributed by atoms with van der Waals surface area (Å²) in [6.45, 7) is 2.94. The zero-order valence-electron chi connectivity index (χ0n) is 13.0. The summed E-state index contributed by atoms with van der Waals surface area (Å²) in [5, 5.41) is 2.90. The minimum Gasteiger partial charge on any atom is -0.486 e. The average Bonchev–Trinajstić information content (AvgIpc) is 2.59. The summed E-state index contributed by atoms with van der Waals surface area (Å²) in [6.07, 6.45) is -0.154. The molecule has 1 unspecified atom stereocenters. The lowest BCUT2D eigenvalue weighted by molar-refractivity contribution is -0.119. The minimum absolute atomic E-state index is 0.00182. The molecule has 0 aromatic heterocycles. The van der Waals surface area contributed by atoms with Crippen molar-refractivity contribution in [3.05, 3.63) is 54.1 Å². The van der Waals surface area contributed by atoms with Crippen molar-refractivity contribution in [1.82, 2.24) is 5.32 Å². The maximum atomic E-state index is 11.9. The van der Waals surface area contributed by atoms with Crippen LogP contribution in [-0.4, -0.2) is 30.9 Å². The molecule has 0 bridgehead atoms. The second-order valence-electron chi connectivity index (χ2n) is 5.40. The standard InChI is InChI=1S/C18H19NO3S/c1-13-6-8-15(9-7-13)23-12-18(20)19-10-14-11-21-16-4-2-3-5-17(16)22-14/h2-9,14H,10-12H2,1H3,(H,19,20). The largest absolute Gasteiger partial charge is 0.486 e. The number of hydrogen-bond acceptors (Lipinski definition) is 4. The predicted molar refractivity (Wildman–Crippen MR) is 91.3 cm³/mol. The van der Waals surface area contributed by atoms with Gasteiger partial charge in [0.15, 0.2) is 11.5 Å². The van der Waals surface area contributed by atoms with Crippen LogP contribution >= 0.6 is 11.8 Å². The summed E-state index contributed by atoms with van der Waals surface area (Å²) < 4.78 is 11.4. The Bertz CT molecular complexity index is 672. The molecule has 1 aliphatic heterocycles. The molecule has 0 radical (unpaired) electrons. The highest BCUT2D eigenvalue weighted by Gasteiger charge is 2.20. The zero-order valence-corrected chi connectivity index (χ0v) is 13.8. The Morgan fingerprint density at radius 3 is 2.70 bits per heavy atom. The number of hydrogen-bond donors (Lipinski definition) is 1. The quantitative estimate of drug-likeness (QED) is 0.857. The van der Waals surface area contributed by atoms with E-state index in [1.807, 2.05) is 55.5 Å². The lowest BCUT2D eigenvalue weighted by Crippen LogP contribution is -2.41. The van der Waals surface area contributed by atoms with Crippen LogP contribution in [0.15, 0.2) is 53.4 Å². The first-order valence-electron chi connectivity index (χ1n) is 7.55. The van der Waals surface area contributed by atoms with Crippen molar-refractivity contribution in [1.29, 1.82) is 0 Å². The summed E-state index contributed by atoms with van der Waals surface area (Å²) >= 11 is 1.53. The number of nitrogens with one attached hydrogen (secondary N) is 1. The molecule has 4 nitrogen and oxygen atoms in total. The van der Waals surface area contributed by atoms with Gasteiger partial charge >= 0.3 is 0 Å². The van der Waals surface area contributed by atoms with Crippen LogP contribution in [0.4, 0.5) is 0 Å². The molecular weight excluding hydrogens is 310 g/mol. The number of rotatable bonds is 5. The lowest BCUT2D eigenvalue weighted by Gasteiger charge is -2.26. The van der Waals surface area contributed by atoms with Crippen molar-refractivity contribution < 1.29 is 14.3 Å². The normalized spacial score (nSPS) is 16.0. The summed E-state index contributed by atoms with van der Waals surface area (Å²) in [7, 11) is 0. The molecule has 0 aliphatic carbocycles. The van der Waals surface area contributed by atoms with E-state index in [1.165, 1.54) is 17.3 Å². The van der Waals surface area contributed by atoms with E-state index in [0.29, 0.717) is 18.9 Å². The molecule has 0 fully saturated rings. The Morgan fingerprint density at radius 1 is 1.17 bits per heavy atom. The summed E-state index contributed by atoms with van der Waals surface area (Å²) in [6, 6.07) is 15.7. The molecule has 23 heavy (non-hydrogen) atoms. The zero-order chi connectivity index (χ0) is 16.1. The van der Waals surface area contributed by atoms with E-state index in [1.54, 1.807) is 0 Å². The lowest BCUT2D eigenvalue weighted by atomic mass is 10.2. The number of carbonyl (C=O) groups is 1. The van der Waals surface area contributed by atoms with Gasteiger partial charge in [-0.1, -0.05) is 29.8 Å². The van der Waals surface area contributed by atoms with E-state index >= 15 is 0 Å². The maximum Gasteiger partial charge on any atom is 0.230 e. The fraction of sp³-hybridized carbons (Fsp3) is 0.278. The van der Waals surface area contributed by atoms with Gasteiger partial charge in [-0.3, -0.25) is 4.79 Å². The Labute approximate surface area is 140 Å². The second kappa shape index (κ2) is 7.42. The van der Waals surface area contributed by atoms with Crippen molar-refractivity contribution in [2.24, 2.45) is 0 Å². The molecule has 1 atom stereocenters. The van der Waals surface area contributed by atoms with Gasteiger partial charge < -0.3 is 14.8 Å². The van der Waals surface area contributed by atoms with Crippen LogP contribution in [0.5, 0.6) is 11.5 Å². The highest BCUT2D eigenvalue weighted by Crippen LogP contribution is 2.30. The van der Waals surface area contributed by atoms with Gasteiger partial charge in [0.25, 0.3) is 0 Å². The van der Waals surface area contributed by atoms with Gasteiger partial charge in [-0.15, -0.1) is 11.8 Å². The first-order valence-corrected chi connectivity index (χ1v) is 8.54. The number of aryl methyl sites for hydroxylation is 1. The molecular formula is C18H19NO3S. The van der Waals surface area contributed by atoms with Gasteiger partial charge in [0, 0.05) is 4.90 Å².